The van der Waals surface area contributed by atoms with Crippen molar-refractivity contribution in [3.8, 4) is 34.3 Å². The van der Waals surface area contributed by atoms with Gasteiger partial charge in [-0.2, -0.15) is 0 Å². The Morgan fingerprint density at radius 3 is 1.28 bits per heavy atom. The maximum absolute atomic E-state index is 14.6. The molecular formula is C84H109ClN12O14S2. The van der Waals surface area contributed by atoms with Crippen molar-refractivity contribution in [1.82, 2.24) is 51.0 Å². The van der Waals surface area contributed by atoms with Crippen LogP contribution in [-0.4, -0.2) is 161 Å². The number of nitrogens with two attached hydrogens (primary N) is 1. The van der Waals surface area contributed by atoms with Crippen molar-refractivity contribution in [2.24, 2.45) is 33.5 Å². The molecule has 4 aliphatic carbocycles. The Hall–Kier alpha value is -9.41. The molecule has 0 radical (unpaired) electrons. The number of carbonyl (C=O) groups excluding carboxylic acids is 10. The lowest BCUT2D eigenvalue weighted by Crippen LogP contribution is -2.59. The number of Topliss-reactive ketones (excluding diaryl/α,β-unsaturated/α-hetero) is 2. The maximum Gasteiger partial charge on any atom is 0.408 e. The van der Waals surface area contributed by atoms with E-state index in [4.69, 9.17) is 46.3 Å². The summed E-state index contributed by atoms with van der Waals surface area (Å²) in [5.74, 6) is -1.74. The van der Waals surface area contributed by atoms with Gasteiger partial charge in [-0.1, -0.05) is 107 Å². The van der Waals surface area contributed by atoms with E-state index in [1.165, 1.54) is 46.3 Å². The highest BCUT2D eigenvalue weighted by Gasteiger charge is 2.61. The molecule has 26 nitrogen and oxygen atoms in total. The summed E-state index contributed by atoms with van der Waals surface area (Å²) in [7, 11) is 0. The normalized spacial score (nSPS) is 22.8. The van der Waals surface area contributed by atoms with Gasteiger partial charge in [0.1, 0.15) is 82.5 Å². The number of likely N-dealkylation sites (tertiary alicyclic amines) is 2. The fraction of sp³-hybridized carbons (Fsp3) is 0.548. The number of hydrogen-bond donors (Lipinski definition) is 6. The van der Waals surface area contributed by atoms with E-state index in [9.17, 15) is 47.9 Å². The molecule has 113 heavy (non-hydrogen) atoms. The molecule has 6 aromatic rings. The van der Waals surface area contributed by atoms with E-state index < -0.39 is 99.5 Å². The predicted molar refractivity (Wildman–Crippen MR) is 437 cm³/mol. The topological polar surface area (TPSA) is 352 Å². The van der Waals surface area contributed by atoms with Crippen LogP contribution in [0.1, 0.15) is 185 Å². The molecule has 4 saturated carbocycles. The van der Waals surface area contributed by atoms with Crippen molar-refractivity contribution in [2.75, 3.05) is 24.1 Å². The van der Waals surface area contributed by atoms with Crippen molar-refractivity contribution >= 4 is 125 Å². The number of thiazole rings is 2. The van der Waals surface area contributed by atoms with Crippen LogP contribution in [0.2, 0.25) is 0 Å². The Bertz CT molecular complexity index is 4660. The molecule has 0 spiro atoms. The molecule has 29 heteroatoms. The minimum atomic E-state index is -1.08. The number of nitrogen functional groups attached to an aromatic ring is 1. The molecule has 608 valence electrons. The van der Waals surface area contributed by atoms with E-state index in [1.54, 1.807) is 45.1 Å². The number of aryl methyl sites for hydroxylation is 2. The maximum atomic E-state index is 14.6. The summed E-state index contributed by atoms with van der Waals surface area (Å²) in [6.07, 6.45) is 8.61. The number of fused-ring (bicyclic) bond motifs is 2. The van der Waals surface area contributed by atoms with Crippen molar-refractivity contribution in [2.45, 2.75) is 247 Å². The van der Waals surface area contributed by atoms with Crippen molar-refractivity contribution < 1.29 is 66.9 Å². The Morgan fingerprint density at radius 2 is 0.947 bits per heavy atom. The van der Waals surface area contributed by atoms with Crippen LogP contribution in [0.25, 0.3) is 44.6 Å². The lowest BCUT2D eigenvalue weighted by atomic mass is 9.85. The number of nitrogens with one attached hydrogen (secondary N) is 5. The SMILES string of the molecule is C=C[C@@H]1C[C@]1(NC(=O)[C@@H]1C[C@@H](Oc2cc(-c3csc(N)n3)nc3cc(C)ccc23)CN1C(=O)[C@@H](NC(=O)OC1CCCC1)C(C)(C)C)C(C)=O.C=C[C@@H]1C[C@]1(NC(=O)[C@@H]1C[C@@H](Oc2cc(-c3csc(NC(=O)C(C)(C)C)n3)nc3cc(C)ccc23)CN1C(=O)[C@@H](NC(=O)OC1CCCC1)C(C)(C)C)C(C)=O.CC(C)(C)C(=O)Cl. The van der Waals surface area contributed by atoms with E-state index in [0.29, 0.717) is 68.4 Å². The van der Waals surface area contributed by atoms with E-state index in [0.717, 1.165) is 73.3 Å². The van der Waals surface area contributed by atoms with E-state index in [2.05, 4.69) is 49.7 Å². The molecule has 7 N–H and O–H groups in total. The van der Waals surface area contributed by atoms with Gasteiger partial charge >= 0.3 is 12.2 Å². The van der Waals surface area contributed by atoms with Crippen molar-refractivity contribution in [3.05, 3.63) is 95.7 Å². The van der Waals surface area contributed by atoms with Gasteiger partial charge in [0.25, 0.3) is 0 Å². The summed E-state index contributed by atoms with van der Waals surface area (Å²) >= 11 is 7.72. The number of nitrogens with zero attached hydrogens (tertiary/aromatic N) is 6. The highest BCUT2D eigenvalue weighted by molar-refractivity contribution is 7.14. The van der Waals surface area contributed by atoms with Crippen LogP contribution in [0.5, 0.6) is 11.5 Å². The molecular weight excluding hydrogens is 1500 g/mol. The number of amides is 7. The molecule has 6 heterocycles. The van der Waals surface area contributed by atoms with Gasteiger partial charge in [-0.05, 0) is 150 Å². The first-order valence-electron chi connectivity index (χ1n) is 38.7. The molecule has 12 rings (SSSR count). The Labute approximate surface area is 674 Å². The smallest absolute Gasteiger partial charge is 0.408 e. The first-order chi connectivity index (χ1) is 52.9. The van der Waals surface area contributed by atoms with Crippen LogP contribution < -0.4 is 41.8 Å². The standard InChI is InChI=1S/C42H54N6O7S.C37H46N6O6S.C5H9ClO/c1-10-25-20-42(25,24(3)49)47-35(50)32-18-27(21-48(32)36(51)34(40(4,5)6)45-39(53)55-26-13-11-12-14-26)54-33-19-30(43-29-17-23(2)15-16-28(29)33)31-22-56-38(44-31)46-37(52)41(7,8)9;1-7-22-17-37(22,21(3)44)42-32(45)29-15-24(18-43(29)33(46)31(36(4,5)6)41-35(47)49-23-10-8-9-11-23)48-30-16-27(28-19-50-34(38)40-28)39-26-14-20(2)12-13-25(26)30;1-5(2,3)4(6)7/h10,15-17,19,22,25-27,32,34H,1,11-14,18,20-21H2,2-9H3,(H,45,53)(H,47,50)(H,44,46,52);7,12-14,16,19,22-24,29,31H,1,8-11,15,17-18H2,2-6H3,(H2,38,40)(H,41,47)(H,42,45);1-3H3/t25-,27-,32+,34-,42+;22-,24-,29+,31-,37+;/m11./s1. The zero-order valence-corrected chi connectivity index (χ0v) is 70.1. The Balaban J connectivity index is 0.000000222. The number of rotatable bonds is 21. The van der Waals surface area contributed by atoms with Crippen LogP contribution in [-0.2, 0) is 47.8 Å². The third kappa shape index (κ3) is 20.6. The van der Waals surface area contributed by atoms with E-state index in [-0.39, 0.29) is 78.1 Å². The average molecular weight is 1610 g/mol. The van der Waals surface area contributed by atoms with Crippen LogP contribution in [0.3, 0.4) is 0 Å². The van der Waals surface area contributed by atoms with E-state index in [1.807, 2.05) is 123 Å². The zero-order valence-electron chi connectivity index (χ0n) is 67.7. The number of halogens is 1. The highest BCUT2D eigenvalue weighted by atomic mass is 35.5. The second-order valence-electron chi connectivity index (χ2n) is 35.0. The molecule has 2 aromatic carbocycles. The number of aromatic nitrogens is 4. The van der Waals surface area contributed by atoms with Gasteiger partial charge in [-0.3, -0.25) is 38.4 Å². The van der Waals surface area contributed by atoms with Crippen LogP contribution in [0.15, 0.2) is 84.6 Å². The quantitative estimate of drug-likeness (QED) is 0.0288. The molecule has 4 aromatic heterocycles. The molecule has 10 atom stereocenters. The van der Waals surface area contributed by atoms with Crippen molar-refractivity contribution in [3.63, 3.8) is 0 Å². The van der Waals surface area contributed by atoms with Gasteiger partial charge in [0, 0.05) is 69.2 Å². The molecule has 2 saturated heterocycles. The highest BCUT2D eigenvalue weighted by Crippen LogP contribution is 2.47. The summed E-state index contributed by atoms with van der Waals surface area (Å²) in [5, 5.41) is 20.2. The summed E-state index contributed by atoms with van der Waals surface area (Å²) in [4.78, 5) is 154. The Morgan fingerprint density at radius 1 is 0.558 bits per heavy atom. The number of hydrogen-bond acceptors (Lipinski definition) is 21. The van der Waals surface area contributed by atoms with Gasteiger partial charge in [0.05, 0.1) is 35.5 Å². The summed E-state index contributed by atoms with van der Waals surface area (Å²) in [5.41, 5.74) is 7.00. The third-order valence-corrected chi connectivity index (χ3v) is 23.6. The van der Waals surface area contributed by atoms with Crippen LogP contribution >= 0.6 is 34.3 Å². The number of benzene rings is 2. The monoisotopic (exact) mass is 1610 g/mol. The molecule has 0 bridgehead atoms. The number of alkyl carbamates (subject to hydrolysis) is 2. The largest absolute Gasteiger partial charge is 0.488 e. The Kier molecular flexibility index (Phi) is 26.1. The summed E-state index contributed by atoms with van der Waals surface area (Å²) < 4.78 is 24.7. The number of ketones is 2. The molecule has 6 aliphatic rings. The molecule has 7 amide bonds. The first kappa shape index (κ1) is 86.0. The van der Waals surface area contributed by atoms with Crippen LogP contribution in [0.4, 0.5) is 19.9 Å². The van der Waals surface area contributed by atoms with Gasteiger partial charge < -0.3 is 61.1 Å². The van der Waals surface area contributed by atoms with Gasteiger partial charge in [-0.25, -0.2) is 29.5 Å². The van der Waals surface area contributed by atoms with Gasteiger partial charge in [-0.15, -0.1) is 35.8 Å². The molecule has 6 fully saturated rings. The van der Waals surface area contributed by atoms with Gasteiger partial charge in [0.15, 0.2) is 21.8 Å². The zero-order chi connectivity index (χ0) is 82.8. The number of pyridine rings is 2. The minimum Gasteiger partial charge on any atom is -0.488 e. The number of ether oxygens (including phenoxy) is 4. The third-order valence-electron chi connectivity index (χ3n) is 21.6. The molecule has 0 unspecified atom stereocenters. The first-order valence-corrected chi connectivity index (χ1v) is 40.9. The second kappa shape index (κ2) is 34.3. The predicted octanol–water partition coefficient (Wildman–Crippen LogP) is 13.9. The minimum absolute atomic E-state index is 0.0332. The lowest BCUT2D eigenvalue weighted by Gasteiger charge is -2.35. The summed E-state index contributed by atoms with van der Waals surface area (Å²) in [6.45, 7) is 36.5. The lowest BCUT2D eigenvalue weighted by molar-refractivity contribution is -0.143. The summed E-state index contributed by atoms with van der Waals surface area (Å²) in [6, 6.07) is 11.3. The van der Waals surface area contributed by atoms with Crippen molar-refractivity contribution in [1.29, 1.82) is 0 Å². The average Bonchev–Trinajstić information content (AvgIpc) is 1.60. The number of carbonyl (C=O) groups is 10. The fourth-order valence-corrected chi connectivity index (χ4v) is 15.8. The van der Waals surface area contributed by atoms with Crippen LogP contribution in [0, 0.1) is 47.3 Å². The van der Waals surface area contributed by atoms with Gasteiger partial charge in [0.2, 0.25) is 34.8 Å². The molecule has 2 aliphatic heterocycles. The van der Waals surface area contributed by atoms with E-state index >= 15 is 0 Å². The number of anilines is 2. The second-order valence-corrected chi connectivity index (χ2v) is 37.1. The fourth-order valence-electron chi connectivity index (χ4n) is 14.6.